The van der Waals surface area contributed by atoms with E-state index in [1.807, 2.05) is 0 Å². The van der Waals surface area contributed by atoms with Crippen molar-refractivity contribution in [1.29, 1.82) is 0 Å². The summed E-state index contributed by atoms with van der Waals surface area (Å²) in [7, 11) is 1.24. The van der Waals surface area contributed by atoms with Crippen LogP contribution in [-0.2, 0) is 4.74 Å². The molecule has 0 unspecified atom stereocenters. The number of carbonyl (C=O) groups is 1. The number of halogens is 2. The predicted octanol–water partition coefficient (Wildman–Crippen LogP) is 1.70. The summed E-state index contributed by atoms with van der Waals surface area (Å²) in [6.45, 7) is 0.353. The highest BCUT2D eigenvalue weighted by Gasteiger charge is 2.03. The summed E-state index contributed by atoms with van der Waals surface area (Å²) in [5.41, 5.74) is 0. The van der Waals surface area contributed by atoms with E-state index in [-0.39, 0.29) is 18.9 Å². The van der Waals surface area contributed by atoms with Crippen molar-refractivity contribution in [1.82, 2.24) is 5.32 Å². The molecule has 0 heterocycles. The lowest BCUT2D eigenvalue weighted by molar-refractivity contribution is 0.168. The Morgan fingerprint density at radius 3 is 2.75 bits per heavy atom. The van der Waals surface area contributed by atoms with Crippen molar-refractivity contribution in [3.8, 4) is 5.75 Å². The molecular weight excluding hydrogens is 220 g/mol. The highest BCUT2D eigenvalue weighted by atomic mass is 19.2. The van der Waals surface area contributed by atoms with Gasteiger partial charge in [0.2, 0.25) is 0 Å². The lowest BCUT2D eigenvalue weighted by atomic mass is 10.3. The van der Waals surface area contributed by atoms with Gasteiger partial charge in [0.25, 0.3) is 0 Å². The lowest BCUT2D eigenvalue weighted by Gasteiger charge is -2.07. The van der Waals surface area contributed by atoms with Crippen LogP contribution in [0.5, 0.6) is 5.75 Å². The van der Waals surface area contributed by atoms with E-state index in [9.17, 15) is 13.6 Å². The third kappa shape index (κ3) is 3.72. The van der Waals surface area contributed by atoms with Crippen LogP contribution in [0.25, 0.3) is 0 Å². The Labute approximate surface area is 91.2 Å². The van der Waals surface area contributed by atoms with Crippen LogP contribution in [0.15, 0.2) is 18.2 Å². The summed E-state index contributed by atoms with van der Waals surface area (Å²) < 4.78 is 34.6. The minimum Gasteiger partial charge on any atom is -0.492 e. The molecule has 6 heteroatoms. The van der Waals surface area contributed by atoms with E-state index in [1.54, 1.807) is 0 Å². The molecule has 1 aromatic rings. The van der Waals surface area contributed by atoms with Crippen LogP contribution in [-0.4, -0.2) is 26.4 Å². The number of alkyl carbamates (subject to hydrolysis) is 1. The van der Waals surface area contributed by atoms with Crippen molar-refractivity contribution in [3.63, 3.8) is 0 Å². The van der Waals surface area contributed by atoms with Crippen molar-refractivity contribution >= 4 is 6.09 Å². The number of ether oxygens (including phenoxy) is 2. The average Bonchev–Trinajstić information content (AvgIpc) is 2.28. The number of rotatable bonds is 4. The smallest absolute Gasteiger partial charge is 0.406 e. The van der Waals surface area contributed by atoms with Crippen LogP contribution >= 0.6 is 0 Å². The second kappa shape index (κ2) is 5.89. The minimum atomic E-state index is -0.974. The average molecular weight is 231 g/mol. The van der Waals surface area contributed by atoms with E-state index >= 15 is 0 Å². The molecule has 0 aliphatic rings. The van der Waals surface area contributed by atoms with Crippen molar-refractivity contribution in [2.24, 2.45) is 0 Å². The van der Waals surface area contributed by atoms with Crippen molar-refractivity contribution in [3.05, 3.63) is 29.8 Å². The summed E-state index contributed by atoms with van der Waals surface area (Å²) in [5, 5.41) is 2.37. The molecule has 1 N–H and O–H groups in total. The molecule has 0 radical (unpaired) electrons. The first-order chi connectivity index (χ1) is 7.63. The monoisotopic (exact) mass is 231 g/mol. The van der Waals surface area contributed by atoms with E-state index in [0.717, 1.165) is 12.1 Å². The Kier molecular flexibility index (Phi) is 4.50. The molecule has 0 spiro atoms. The number of carbonyl (C=O) groups excluding carboxylic acids is 1. The number of nitrogens with one attached hydrogen (secondary N) is 1. The van der Waals surface area contributed by atoms with E-state index in [4.69, 9.17) is 4.74 Å². The highest BCUT2D eigenvalue weighted by molar-refractivity contribution is 5.66. The molecule has 0 bridgehead atoms. The van der Waals surface area contributed by atoms with Gasteiger partial charge in [0.05, 0.1) is 13.7 Å². The maximum atomic E-state index is 12.7. The van der Waals surface area contributed by atoms with Crippen LogP contribution in [0, 0.1) is 11.6 Å². The van der Waals surface area contributed by atoms with E-state index < -0.39 is 17.7 Å². The molecule has 1 aromatic carbocycles. The Bertz CT molecular complexity index is 371. The highest BCUT2D eigenvalue weighted by Crippen LogP contribution is 2.14. The maximum absolute atomic E-state index is 12.7. The molecule has 0 atom stereocenters. The van der Waals surface area contributed by atoms with Crippen LogP contribution in [0.4, 0.5) is 13.6 Å². The van der Waals surface area contributed by atoms with Gasteiger partial charge in [0.1, 0.15) is 12.4 Å². The summed E-state index contributed by atoms with van der Waals surface area (Å²) >= 11 is 0. The molecule has 4 nitrogen and oxygen atoms in total. The molecule has 1 rings (SSSR count). The molecule has 0 aliphatic carbocycles. The fourth-order valence-corrected chi connectivity index (χ4v) is 0.961. The quantitative estimate of drug-likeness (QED) is 0.802. The third-order valence-corrected chi connectivity index (χ3v) is 1.72. The SMILES string of the molecule is COC(=O)NCCOc1ccc(F)c(F)c1. The van der Waals surface area contributed by atoms with Gasteiger partial charge in [-0.3, -0.25) is 0 Å². The standard InChI is InChI=1S/C10H11F2NO3/c1-15-10(14)13-4-5-16-7-2-3-8(11)9(12)6-7/h2-3,6H,4-5H2,1H3,(H,13,14). The van der Waals surface area contributed by atoms with Crippen molar-refractivity contribution in [2.75, 3.05) is 20.3 Å². The molecule has 0 saturated carbocycles. The zero-order valence-electron chi connectivity index (χ0n) is 8.63. The summed E-state index contributed by atoms with van der Waals surface area (Å²) in [5.74, 6) is -1.70. The zero-order chi connectivity index (χ0) is 12.0. The first kappa shape index (κ1) is 12.2. The van der Waals surface area contributed by atoms with Gasteiger partial charge in [-0.2, -0.15) is 0 Å². The molecule has 0 saturated heterocycles. The van der Waals surface area contributed by atoms with Gasteiger partial charge >= 0.3 is 6.09 Å². The summed E-state index contributed by atoms with van der Waals surface area (Å²) in [6.07, 6.45) is -0.575. The van der Waals surface area contributed by atoms with Gasteiger partial charge in [-0.25, -0.2) is 13.6 Å². The van der Waals surface area contributed by atoms with Crippen molar-refractivity contribution in [2.45, 2.75) is 0 Å². The first-order valence-corrected chi connectivity index (χ1v) is 4.53. The van der Waals surface area contributed by atoms with Gasteiger partial charge in [-0.05, 0) is 12.1 Å². The number of amides is 1. The van der Waals surface area contributed by atoms with Gasteiger partial charge in [0.15, 0.2) is 11.6 Å². The van der Waals surface area contributed by atoms with Gasteiger partial charge in [0, 0.05) is 6.07 Å². The Hall–Kier alpha value is -1.85. The molecule has 88 valence electrons. The van der Waals surface area contributed by atoms with Crippen molar-refractivity contribution < 1.29 is 23.0 Å². The molecule has 16 heavy (non-hydrogen) atoms. The second-order valence-electron chi connectivity index (χ2n) is 2.84. The zero-order valence-corrected chi connectivity index (χ0v) is 8.63. The maximum Gasteiger partial charge on any atom is 0.406 e. The molecule has 0 fully saturated rings. The second-order valence-corrected chi connectivity index (χ2v) is 2.84. The van der Waals surface area contributed by atoms with E-state index in [2.05, 4.69) is 10.1 Å². The van der Waals surface area contributed by atoms with Crippen LogP contribution in [0.2, 0.25) is 0 Å². The van der Waals surface area contributed by atoms with Crippen LogP contribution in [0.1, 0.15) is 0 Å². The fourth-order valence-electron chi connectivity index (χ4n) is 0.961. The Balaban J connectivity index is 2.32. The summed E-state index contributed by atoms with van der Waals surface area (Å²) in [4.78, 5) is 10.6. The minimum absolute atomic E-state index is 0.139. The number of hydrogen-bond acceptors (Lipinski definition) is 3. The van der Waals surface area contributed by atoms with E-state index in [0.29, 0.717) is 0 Å². The molecule has 0 aromatic heterocycles. The Morgan fingerprint density at radius 1 is 1.38 bits per heavy atom. The normalized spacial score (nSPS) is 9.69. The number of benzene rings is 1. The van der Waals surface area contributed by atoms with Crippen LogP contribution < -0.4 is 10.1 Å². The molecule has 0 aliphatic heterocycles. The van der Waals surface area contributed by atoms with E-state index in [1.165, 1.54) is 13.2 Å². The lowest BCUT2D eigenvalue weighted by Crippen LogP contribution is -2.27. The predicted molar refractivity (Wildman–Crippen MR) is 52.3 cm³/mol. The van der Waals surface area contributed by atoms with Crippen LogP contribution in [0.3, 0.4) is 0 Å². The summed E-state index contributed by atoms with van der Waals surface area (Å²) in [6, 6.07) is 3.21. The Morgan fingerprint density at radius 2 is 2.12 bits per heavy atom. The molecule has 1 amide bonds. The van der Waals surface area contributed by atoms with Gasteiger partial charge in [-0.1, -0.05) is 0 Å². The fraction of sp³-hybridized carbons (Fsp3) is 0.300. The van der Waals surface area contributed by atoms with Gasteiger partial charge in [-0.15, -0.1) is 0 Å². The molecular formula is C10H11F2NO3. The topological polar surface area (TPSA) is 47.6 Å². The largest absolute Gasteiger partial charge is 0.492 e. The van der Waals surface area contributed by atoms with Gasteiger partial charge < -0.3 is 14.8 Å². The number of methoxy groups -OCH3 is 1. The number of hydrogen-bond donors (Lipinski definition) is 1. The first-order valence-electron chi connectivity index (χ1n) is 4.53. The third-order valence-electron chi connectivity index (χ3n) is 1.72.